The first kappa shape index (κ1) is 23.7. The van der Waals surface area contributed by atoms with Gasteiger partial charge in [-0.05, 0) is 67.1 Å². The molecule has 2 heterocycles. The minimum absolute atomic E-state index is 0.177. The second kappa shape index (κ2) is 12.1. The van der Waals surface area contributed by atoms with Crippen LogP contribution in [0.1, 0.15) is 36.5 Å². The molecular formula is C27H28N6O2. The predicted octanol–water partition coefficient (Wildman–Crippen LogP) is 6.18. The van der Waals surface area contributed by atoms with Crippen LogP contribution in [0.5, 0.6) is 5.75 Å². The number of unbranched alkanes of at least 4 members (excludes halogenated alkanes) is 2. The van der Waals surface area contributed by atoms with Crippen LogP contribution in [-0.2, 0) is 0 Å². The lowest BCUT2D eigenvalue weighted by Crippen LogP contribution is -2.11. The molecule has 0 saturated heterocycles. The Morgan fingerprint density at radius 1 is 0.800 bits per heavy atom. The van der Waals surface area contributed by atoms with Crippen LogP contribution >= 0.6 is 0 Å². The predicted molar refractivity (Wildman–Crippen MR) is 139 cm³/mol. The summed E-state index contributed by atoms with van der Waals surface area (Å²) in [6.07, 6.45) is 6.53. The van der Waals surface area contributed by atoms with E-state index in [2.05, 4.69) is 37.8 Å². The highest BCUT2D eigenvalue weighted by Gasteiger charge is 2.07. The summed E-state index contributed by atoms with van der Waals surface area (Å²) in [5.74, 6) is 2.56. The number of carbonyl (C=O) groups excluding carboxylic acids is 1. The number of anilines is 5. The maximum absolute atomic E-state index is 12.6. The molecule has 0 saturated carbocycles. The van der Waals surface area contributed by atoms with E-state index in [4.69, 9.17) is 4.74 Å². The topological polar surface area (TPSA) is 101 Å². The van der Waals surface area contributed by atoms with Crippen molar-refractivity contribution in [2.45, 2.75) is 26.2 Å². The molecule has 2 aromatic carbocycles. The summed E-state index contributed by atoms with van der Waals surface area (Å²) in [4.78, 5) is 25.3. The Labute approximate surface area is 204 Å². The van der Waals surface area contributed by atoms with E-state index in [0.717, 1.165) is 30.7 Å². The van der Waals surface area contributed by atoms with Crippen molar-refractivity contribution in [3.63, 3.8) is 0 Å². The molecule has 4 rings (SSSR count). The number of nitrogens with zero attached hydrogens (tertiary/aromatic N) is 3. The van der Waals surface area contributed by atoms with Crippen LogP contribution in [0, 0.1) is 0 Å². The quantitative estimate of drug-likeness (QED) is 0.226. The Morgan fingerprint density at radius 3 is 2.26 bits per heavy atom. The number of carbonyl (C=O) groups is 1. The minimum Gasteiger partial charge on any atom is -0.494 e. The van der Waals surface area contributed by atoms with E-state index in [-0.39, 0.29) is 5.91 Å². The molecule has 0 aliphatic heterocycles. The maximum atomic E-state index is 12.6. The van der Waals surface area contributed by atoms with Gasteiger partial charge in [-0.3, -0.25) is 4.79 Å². The van der Waals surface area contributed by atoms with Gasteiger partial charge in [-0.2, -0.15) is 0 Å². The Bertz CT molecular complexity index is 1210. The van der Waals surface area contributed by atoms with Crippen LogP contribution in [0.3, 0.4) is 0 Å². The average Bonchev–Trinajstić information content (AvgIpc) is 2.89. The first-order valence-corrected chi connectivity index (χ1v) is 11.6. The van der Waals surface area contributed by atoms with Gasteiger partial charge in [0.25, 0.3) is 5.91 Å². The van der Waals surface area contributed by atoms with Gasteiger partial charge in [0.15, 0.2) is 0 Å². The summed E-state index contributed by atoms with van der Waals surface area (Å²) in [7, 11) is 0. The second-order valence-electron chi connectivity index (χ2n) is 7.86. The van der Waals surface area contributed by atoms with Crippen molar-refractivity contribution >= 4 is 34.7 Å². The van der Waals surface area contributed by atoms with Crippen molar-refractivity contribution in [3.05, 3.63) is 90.9 Å². The molecule has 2 aromatic heterocycles. The number of nitrogens with one attached hydrogen (secondary N) is 3. The van der Waals surface area contributed by atoms with Crippen LogP contribution in [-0.4, -0.2) is 27.5 Å². The van der Waals surface area contributed by atoms with Gasteiger partial charge in [0, 0.05) is 29.2 Å². The molecule has 0 spiro atoms. The van der Waals surface area contributed by atoms with Crippen LogP contribution in [0.2, 0.25) is 0 Å². The third-order valence-corrected chi connectivity index (χ3v) is 5.14. The Morgan fingerprint density at radius 2 is 1.54 bits per heavy atom. The first-order valence-electron chi connectivity index (χ1n) is 11.6. The molecule has 1 amide bonds. The van der Waals surface area contributed by atoms with Crippen molar-refractivity contribution in [1.29, 1.82) is 0 Å². The molecule has 178 valence electrons. The van der Waals surface area contributed by atoms with E-state index in [1.165, 1.54) is 6.33 Å². The van der Waals surface area contributed by atoms with E-state index < -0.39 is 0 Å². The first-order chi connectivity index (χ1) is 17.2. The normalized spacial score (nSPS) is 10.4. The fourth-order valence-electron chi connectivity index (χ4n) is 3.29. The van der Waals surface area contributed by atoms with Crippen LogP contribution in [0.15, 0.2) is 85.3 Å². The van der Waals surface area contributed by atoms with E-state index in [1.54, 1.807) is 24.4 Å². The highest BCUT2D eigenvalue weighted by molar-refractivity contribution is 6.04. The lowest BCUT2D eigenvalue weighted by molar-refractivity contribution is 0.102. The number of aromatic nitrogens is 3. The van der Waals surface area contributed by atoms with Crippen molar-refractivity contribution in [2.75, 3.05) is 22.6 Å². The average molecular weight is 469 g/mol. The summed E-state index contributed by atoms with van der Waals surface area (Å²) >= 11 is 0. The van der Waals surface area contributed by atoms with Crippen LogP contribution in [0.4, 0.5) is 28.8 Å². The highest BCUT2D eigenvalue weighted by Crippen LogP contribution is 2.21. The van der Waals surface area contributed by atoms with E-state index in [1.807, 2.05) is 54.6 Å². The van der Waals surface area contributed by atoms with Crippen LogP contribution in [0.25, 0.3) is 0 Å². The van der Waals surface area contributed by atoms with Gasteiger partial charge in [-0.25, -0.2) is 15.0 Å². The number of rotatable bonds is 11. The van der Waals surface area contributed by atoms with E-state index >= 15 is 0 Å². The molecule has 0 aliphatic rings. The molecule has 8 nitrogen and oxygen atoms in total. The third kappa shape index (κ3) is 7.26. The molecular weight excluding hydrogens is 440 g/mol. The highest BCUT2D eigenvalue weighted by atomic mass is 16.5. The molecule has 35 heavy (non-hydrogen) atoms. The lowest BCUT2D eigenvalue weighted by atomic mass is 10.2. The summed E-state index contributed by atoms with van der Waals surface area (Å²) in [6, 6.07) is 22.0. The molecule has 4 aromatic rings. The summed E-state index contributed by atoms with van der Waals surface area (Å²) in [6.45, 7) is 2.85. The van der Waals surface area contributed by atoms with Gasteiger partial charge in [0.2, 0.25) is 0 Å². The zero-order chi connectivity index (χ0) is 24.3. The molecule has 8 heteroatoms. The molecule has 0 atom stereocenters. The number of benzene rings is 2. The zero-order valence-electron chi connectivity index (χ0n) is 19.6. The number of pyridine rings is 1. The monoisotopic (exact) mass is 468 g/mol. The van der Waals surface area contributed by atoms with Crippen molar-refractivity contribution in [2.24, 2.45) is 0 Å². The summed E-state index contributed by atoms with van der Waals surface area (Å²) in [5, 5.41) is 9.29. The molecule has 0 fully saturated rings. The fraction of sp³-hybridized carbons (Fsp3) is 0.185. The van der Waals surface area contributed by atoms with Crippen molar-refractivity contribution in [1.82, 2.24) is 15.0 Å². The van der Waals surface area contributed by atoms with Crippen molar-refractivity contribution < 1.29 is 9.53 Å². The number of amides is 1. The maximum Gasteiger partial charge on any atom is 0.255 e. The Kier molecular flexibility index (Phi) is 8.21. The Balaban J connectivity index is 1.30. The smallest absolute Gasteiger partial charge is 0.255 e. The molecule has 0 radical (unpaired) electrons. The van der Waals surface area contributed by atoms with Crippen LogP contribution < -0.4 is 20.7 Å². The van der Waals surface area contributed by atoms with Gasteiger partial charge in [-0.1, -0.05) is 25.8 Å². The zero-order valence-corrected chi connectivity index (χ0v) is 19.6. The molecule has 3 N–H and O–H groups in total. The van der Waals surface area contributed by atoms with Gasteiger partial charge in [-0.15, -0.1) is 0 Å². The Hall–Kier alpha value is -4.46. The van der Waals surface area contributed by atoms with E-state index in [0.29, 0.717) is 35.3 Å². The minimum atomic E-state index is -0.177. The van der Waals surface area contributed by atoms with Gasteiger partial charge in [0.1, 0.15) is 29.5 Å². The number of hydrogen-bond donors (Lipinski definition) is 3. The van der Waals surface area contributed by atoms with Crippen molar-refractivity contribution in [3.8, 4) is 5.75 Å². The van der Waals surface area contributed by atoms with Gasteiger partial charge < -0.3 is 20.7 Å². The molecule has 0 bridgehead atoms. The lowest BCUT2D eigenvalue weighted by Gasteiger charge is -2.10. The van der Waals surface area contributed by atoms with E-state index in [9.17, 15) is 4.79 Å². The van der Waals surface area contributed by atoms with Gasteiger partial charge >= 0.3 is 0 Å². The second-order valence-corrected chi connectivity index (χ2v) is 7.86. The largest absolute Gasteiger partial charge is 0.494 e. The standard InChI is InChI=1S/C27H28N6O2/c1-2-3-6-17-35-23-14-8-20(9-15-23)27(34)32-22-12-10-21(11-13-22)31-25-18-26(30-19-29-25)33-24-7-4-5-16-28-24/h4-5,7-16,18-19H,2-3,6,17H2,1H3,(H,32,34)(H2,28,29,30,31,33). The fourth-order valence-corrected chi connectivity index (χ4v) is 3.29. The summed E-state index contributed by atoms with van der Waals surface area (Å²) < 4.78 is 5.71. The number of ether oxygens (including phenoxy) is 1. The SMILES string of the molecule is CCCCCOc1ccc(C(=O)Nc2ccc(Nc3cc(Nc4ccccn4)ncn3)cc2)cc1. The molecule has 0 aliphatic carbocycles. The summed E-state index contributed by atoms with van der Waals surface area (Å²) in [5.41, 5.74) is 2.10. The molecule has 0 unspecified atom stereocenters. The number of hydrogen-bond acceptors (Lipinski definition) is 7. The third-order valence-electron chi connectivity index (χ3n) is 5.14. The van der Waals surface area contributed by atoms with Gasteiger partial charge in [0.05, 0.1) is 6.61 Å².